The summed E-state index contributed by atoms with van der Waals surface area (Å²) in [6.45, 7) is 0. The molecule has 1 aliphatic carbocycles. The molecule has 0 amide bonds. The van der Waals surface area contributed by atoms with Gasteiger partial charge in [0.05, 0.1) is 5.75 Å². The number of nitrogens with zero attached hydrogens (tertiary/aromatic N) is 2. The lowest BCUT2D eigenvalue weighted by molar-refractivity contribution is 0.383. The fraction of sp³-hybridized carbons (Fsp3) is 0.833. The summed E-state index contributed by atoms with van der Waals surface area (Å²) in [5.41, 5.74) is 0. The van der Waals surface area contributed by atoms with Gasteiger partial charge in [-0.3, -0.25) is 0 Å². The molecule has 1 aromatic rings. The van der Waals surface area contributed by atoms with E-state index in [9.17, 15) is 8.42 Å². The van der Waals surface area contributed by atoms with Crippen molar-refractivity contribution in [3.05, 3.63) is 11.7 Å². The van der Waals surface area contributed by atoms with Gasteiger partial charge >= 0.3 is 0 Å². The molecule has 2 rings (SSSR count). The van der Waals surface area contributed by atoms with Crippen molar-refractivity contribution in [2.45, 2.75) is 43.6 Å². The second-order valence-corrected chi connectivity index (χ2v) is 8.36. The lowest BCUT2D eigenvalue weighted by Gasteiger charge is -2.20. The van der Waals surface area contributed by atoms with Gasteiger partial charge in [-0.05, 0) is 24.5 Å². The maximum Gasteiger partial charge on any atom is 0.236 e. The summed E-state index contributed by atoms with van der Waals surface area (Å²) in [7, 11) is -3.09. The molecule has 0 unspecified atom stereocenters. The molecular weight excluding hydrogens is 284 g/mol. The Kier molecular flexibility index (Phi) is 5.27. The van der Waals surface area contributed by atoms with Gasteiger partial charge in [-0.2, -0.15) is 16.7 Å². The molecule has 1 aromatic heterocycles. The lowest BCUT2D eigenvalue weighted by Crippen LogP contribution is -2.08. The van der Waals surface area contributed by atoms with Gasteiger partial charge in [0.2, 0.25) is 5.89 Å². The molecule has 0 bridgehead atoms. The Morgan fingerprint density at radius 1 is 1.32 bits per heavy atom. The average molecular weight is 304 g/mol. The molecule has 1 fully saturated rings. The summed E-state index contributed by atoms with van der Waals surface area (Å²) in [6.07, 6.45) is 7.90. The third-order valence-corrected chi connectivity index (χ3v) is 5.15. The molecule has 1 saturated carbocycles. The van der Waals surface area contributed by atoms with Crippen LogP contribution in [0.1, 0.15) is 43.8 Å². The van der Waals surface area contributed by atoms with Crippen LogP contribution in [-0.4, -0.2) is 30.6 Å². The Bertz CT molecular complexity index is 493. The standard InChI is InChI=1S/C12H20N2O3S2/c1-19(15,16)9-11-13-12(17-14-11)8-18-7-10-5-3-2-4-6-10/h10H,2-9H2,1H3. The van der Waals surface area contributed by atoms with Gasteiger partial charge in [-0.1, -0.05) is 24.4 Å². The highest BCUT2D eigenvalue weighted by Crippen LogP contribution is 2.27. The van der Waals surface area contributed by atoms with Gasteiger partial charge in [-0.25, -0.2) is 8.42 Å². The van der Waals surface area contributed by atoms with Crippen LogP contribution < -0.4 is 0 Å². The van der Waals surface area contributed by atoms with Crippen molar-refractivity contribution >= 4 is 21.6 Å². The van der Waals surface area contributed by atoms with Crippen LogP contribution in [0.25, 0.3) is 0 Å². The van der Waals surface area contributed by atoms with E-state index in [1.165, 1.54) is 38.4 Å². The third kappa shape index (κ3) is 5.52. The minimum atomic E-state index is -3.09. The zero-order chi connectivity index (χ0) is 13.7. The molecule has 5 nitrogen and oxygen atoms in total. The quantitative estimate of drug-likeness (QED) is 0.803. The number of thioether (sulfide) groups is 1. The molecule has 0 N–H and O–H groups in total. The predicted molar refractivity (Wildman–Crippen MR) is 75.6 cm³/mol. The van der Waals surface area contributed by atoms with E-state index in [1.54, 1.807) is 11.8 Å². The first-order valence-corrected chi connectivity index (χ1v) is 9.81. The Morgan fingerprint density at radius 3 is 2.74 bits per heavy atom. The lowest BCUT2D eigenvalue weighted by atomic mass is 9.91. The fourth-order valence-corrected chi connectivity index (χ4v) is 3.97. The van der Waals surface area contributed by atoms with Gasteiger partial charge in [0.25, 0.3) is 0 Å². The van der Waals surface area contributed by atoms with Crippen molar-refractivity contribution in [2.24, 2.45) is 5.92 Å². The van der Waals surface area contributed by atoms with E-state index < -0.39 is 9.84 Å². The average Bonchev–Trinajstić information content (AvgIpc) is 2.76. The van der Waals surface area contributed by atoms with E-state index in [1.807, 2.05) is 0 Å². The largest absolute Gasteiger partial charge is 0.338 e. The van der Waals surface area contributed by atoms with Crippen molar-refractivity contribution in [3.8, 4) is 0 Å². The third-order valence-electron chi connectivity index (χ3n) is 3.21. The SMILES string of the molecule is CS(=O)(=O)Cc1noc(CSCC2CCCCC2)n1. The highest BCUT2D eigenvalue weighted by molar-refractivity contribution is 7.98. The summed E-state index contributed by atoms with van der Waals surface area (Å²) >= 11 is 1.80. The van der Waals surface area contributed by atoms with Crippen LogP contribution >= 0.6 is 11.8 Å². The van der Waals surface area contributed by atoms with Crippen LogP contribution in [-0.2, 0) is 21.3 Å². The second kappa shape index (κ2) is 6.74. The number of sulfone groups is 1. The molecule has 1 heterocycles. The van der Waals surface area contributed by atoms with E-state index in [2.05, 4.69) is 10.1 Å². The molecular formula is C12H20N2O3S2. The molecule has 0 radical (unpaired) electrons. The molecule has 19 heavy (non-hydrogen) atoms. The van der Waals surface area contributed by atoms with E-state index in [0.29, 0.717) is 11.6 Å². The van der Waals surface area contributed by atoms with Crippen LogP contribution in [0.2, 0.25) is 0 Å². The molecule has 0 aliphatic heterocycles. The van der Waals surface area contributed by atoms with Crippen molar-refractivity contribution < 1.29 is 12.9 Å². The van der Waals surface area contributed by atoms with Gasteiger partial charge < -0.3 is 4.52 Å². The Morgan fingerprint density at radius 2 is 2.05 bits per heavy atom. The molecule has 0 saturated heterocycles. The molecule has 0 atom stereocenters. The maximum atomic E-state index is 11.1. The first-order chi connectivity index (χ1) is 9.03. The van der Waals surface area contributed by atoms with Crippen molar-refractivity contribution in [1.82, 2.24) is 10.1 Å². The smallest absolute Gasteiger partial charge is 0.236 e. The molecule has 1 aliphatic rings. The van der Waals surface area contributed by atoms with E-state index in [0.717, 1.165) is 11.7 Å². The first-order valence-electron chi connectivity index (χ1n) is 6.60. The summed E-state index contributed by atoms with van der Waals surface area (Å²) in [5, 5.41) is 3.69. The Balaban J connectivity index is 1.74. The van der Waals surface area contributed by atoms with Gasteiger partial charge in [-0.15, -0.1) is 0 Å². The van der Waals surface area contributed by atoms with E-state index in [4.69, 9.17) is 4.52 Å². The normalized spacial score (nSPS) is 17.7. The monoisotopic (exact) mass is 304 g/mol. The predicted octanol–water partition coefficient (Wildman–Crippen LogP) is 2.43. The van der Waals surface area contributed by atoms with Crippen LogP contribution in [0.15, 0.2) is 4.52 Å². The number of rotatable bonds is 6. The fourth-order valence-electron chi connectivity index (χ4n) is 2.31. The van der Waals surface area contributed by atoms with Gasteiger partial charge in [0, 0.05) is 6.26 Å². The zero-order valence-electron chi connectivity index (χ0n) is 11.2. The first kappa shape index (κ1) is 14.8. The molecule has 7 heteroatoms. The highest BCUT2D eigenvalue weighted by Gasteiger charge is 2.15. The summed E-state index contributed by atoms with van der Waals surface area (Å²) in [6, 6.07) is 0. The van der Waals surface area contributed by atoms with Gasteiger partial charge in [0.15, 0.2) is 15.7 Å². The topological polar surface area (TPSA) is 73.1 Å². The van der Waals surface area contributed by atoms with Gasteiger partial charge in [0.1, 0.15) is 5.75 Å². The summed E-state index contributed by atoms with van der Waals surface area (Å²) in [5.74, 6) is 3.26. The van der Waals surface area contributed by atoms with Crippen LogP contribution in [0.5, 0.6) is 0 Å². The zero-order valence-corrected chi connectivity index (χ0v) is 12.8. The number of hydrogen-bond donors (Lipinski definition) is 0. The van der Waals surface area contributed by atoms with Crippen molar-refractivity contribution in [2.75, 3.05) is 12.0 Å². The number of aromatic nitrogens is 2. The minimum absolute atomic E-state index is 0.149. The van der Waals surface area contributed by atoms with Crippen molar-refractivity contribution in [1.29, 1.82) is 0 Å². The maximum absolute atomic E-state index is 11.1. The van der Waals surface area contributed by atoms with Crippen molar-refractivity contribution in [3.63, 3.8) is 0 Å². The van der Waals surface area contributed by atoms with Crippen LogP contribution in [0, 0.1) is 5.92 Å². The molecule has 0 aromatic carbocycles. The second-order valence-electron chi connectivity index (χ2n) is 5.19. The van der Waals surface area contributed by atoms with Crippen LogP contribution in [0.4, 0.5) is 0 Å². The Labute approximate surface area is 118 Å². The highest BCUT2D eigenvalue weighted by atomic mass is 32.2. The molecule has 108 valence electrons. The van der Waals surface area contributed by atoms with E-state index >= 15 is 0 Å². The Hall–Kier alpha value is -0.560. The van der Waals surface area contributed by atoms with E-state index in [-0.39, 0.29) is 11.6 Å². The number of hydrogen-bond acceptors (Lipinski definition) is 6. The molecule has 0 spiro atoms. The van der Waals surface area contributed by atoms with Crippen LogP contribution in [0.3, 0.4) is 0 Å². The minimum Gasteiger partial charge on any atom is -0.338 e. The summed E-state index contributed by atoms with van der Waals surface area (Å²) in [4.78, 5) is 4.10. The summed E-state index contributed by atoms with van der Waals surface area (Å²) < 4.78 is 27.3.